The van der Waals surface area contributed by atoms with Gasteiger partial charge in [-0.1, -0.05) is 114 Å². The van der Waals surface area contributed by atoms with Crippen LogP contribution in [0.15, 0.2) is 109 Å². The molecule has 0 bridgehead atoms. The van der Waals surface area contributed by atoms with E-state index in [1.54, 1.807) is 0 Å². The minimum atomic E-state index is -0.478. The number of benzene rings is 4. The molecular formula is C43H36N2Pt. The third kappa shape index (κ3) is 4.49. The van der Waals surface area contributed by atoms with Gasteiger partial charge in [-0.25, -0.2) is 0 Å². The molecule has 0 amide bonds. The van der Waals surface area contributed by atoms with E-state index in [2.05, 4.69) is 163 Å². The van der Waals surface area contributed by atoms with Gasteiger partial charge in [0.1, 0.15) is 0 Å². The summed E-state index contributed by atoms with van der Waals surface area (Å²) in [6, 6.07) is 46.6. The van der Waals surface area contributed by atoms with Crippen LogP contribution >= 0.6 is 0 Å². The normalized spacial score (nSPS) is 13.9. The van der Waals surface area contributed by atoms with Crippen molar-refractivity contribution in [3.63, 3.8) is 0 Å². The Morgan fingerprint density at radius 1 is 0.478 bits per heavy atom. The van der Waals surface area contributed by atoms with E-state index in [1.165, 1.54) is 44.5 Å². The molecule has 2 heterocycles. The summed E-state index contributed by atoms with van der Waals surface area (Å²) in [5, 5.41) is 0. The second-order valence-electron chi connectivity index (χ2n) is 14.5. The maximum Gasteiger partial charge on any atom is 2.00 e. The van der Waals surface area contributed by atoms with Gasteiger partial charge in [0.15, 0.2) is 0 Å². The smallest absolute Gasteiger partial charge is 0.294 e. The van der Waals surface area contributed by atoms with Gasteiger partial charge < -0.3 is 0 Å². The molecule has 46 heavy (non-hydrogen) atoms. The minimum Gasteiger partial charge on any atom is -0.294 e. The zero-order valence-electron chi connectivity index (χ0n) is 27.1. The molecular weight excluding hydrogens is 740 g/mol. The summed E-state index contributed by atoms with van der Waals surface area (Å²) in [6.45, 7) is 13.4. The monoisotopic (exact) mass is 775 g/mol. The Morgan fingerprint density at radius 3 is 1.26 bits per heavy atom. The van der Waals surface area contributed by atoms with Gasteiger partial charge in [0, 0.05) is 0 Å². The number of hydrogen-bond acceptors (Lipinski definition) is 2. The molecule has 0 saturated heterocycles. The van der Waals surface area contributed by atoms with Crippen LogP contribution in [0, 0.1) is 12.1 Å². The van der Waals surface area contributed by atoms with Crippen molar-refractivity contribution in [3.8, 4) is 45.0 Å². The molecule has 2 aliphatic carbocycles. The Bertz CT molecular complexity index is 1960. The van der Waals surface area contributed by atoms with Crippen LogP contribution in [0.2, 0.25) is 0 Å². The Balaban J connectivity index is 0.00000338. The number of pyridine rings is 2. The molecule has 0 aliphatic heterocycles. The largest absolute Gasteiger partial charge is 2.00 e. The van der Waals surface area contributed by atoms with E-state index in [0.717, 1.165) is 33.9 Å². The van der Waals surface area contributed by atoms with E-state index < -0.39 is 5.41 Å². The summed E-state index contributed by atoms with van der Waals surface area (Å²) in [4.78, 5) is 10.8. The van der Waals surface area contributed by atoms with Gasteiger partial charge >= 0.3 is 21.1 Å². The van der Waals surface area contributed by atoms with Gasteiger partial charge in [0.25, 0.3) is 0 Å². The van der Waals surface area contributed by atoms with Gasteiger partial charge in [-0.15, -0.1) is 70.8 Å². The predicted molar refractivity (Wildman–Crippen MR) is 184 cm³/mol. The summed E-state index contributed by atoms with van der Waals surface area (Å²) in [5.74, 6) is 0. The fourth-order valence-corrected chi connectivity index (χ4v) is 7.25. The molecule has 3 heteroatoms. The SMILES string of the molecule is CC(C)(C)c1c[c-]c(-c2ccc3c(n2)-c2nc(-c4[c-]cc(C(C)(C)C)cc4)ccc2C32c3ccccc3-c3ccccc32)cc1.[Pt+2]. The van der Waals surface area contributed by atoms with Gasteiger partial charge in [0.05, 0.1) is 16.8 Å². The first kappa shape index (κ1) is 30.5. The van der Waals surface area contributed by atoms with Crippen molar-refractivity contribution in [2.45, 2.75) is 57.8 Å². The molecule has 0 N–H and O–H groups in total. The summed E-state index contributed by atoms with van der Waals surface area (Å²) in [6.07, 6.45) is 0. The number of fused-ring (bicyclic) bond motifs is 10. The van der Waals surface area contributed by atoms with Crippen LogP contribution in [-0.2, 0) is 37.3 Å². The quantitative estimate of drug-likeness (QED) is 0.164. The van der Waals surface area contributed by atoms with Crippen molar-refractivity contribution >= 4 is 0 Å². The van der Waals surface area contributed by atoms with Crippen molar-refractivity contribution in [2.24, 2.45) is 0 Å². The van der Waals surface area contributed by atoms with E-state index in [4.69, 9.17) is 9.97 Å². The van der Waals surface area contributed by atoms with Crippen LogP contribution < -0.4 is 0 Å². The average molecular weight is 776 g/mol. The van der Waals surface area contributed by atoms with Crippen molar-refractivity contribution in [3.05, 3.63) is 155 Å². The molecule has 4 aromatic carbocycles. The molecule has 8 rings (SSSR count). The fraction of sp³-hybridized carbons (Fsp3) is 0.209. The predicted octanol–water partition coefficient (Wildman–Crippen LogP) is 10.3. The number of hydrogen-bond donors (Lipinski definition) is 0. The average Bonchev–Trinajstić information content (AvgIpc) is 3.50. The van der Waals surface area contributed by atoms with Crippen LogP contribution in [0.3, 0.4) is 0 Å². The van der Waals surface area contributed by atoms with E-state index in [0.29, 0.717) is 0 Å². The summed E-state index contributed by atoms with van der Waals surface area (Å²) in [5.41, 5.74) is 15.3. The second kappa shape index (κ2) is 10.7. The van der Waals surface area contributed by atoms with Crippen LogP contribution in [0.25, 0.3) is 45.0 Å². The standard InChI is InChI=1S/C43H36N2.Pt/c1-41(2,3)29-19-15-27(16-20-29)37-25-23-35-39(44-37)40-36(24-26-38(45-40)28-17-21-30(22-18-28)42(4,5)6)43(35)33-13-9-7-11-31(33)32-12-8-10-14-34(32)43;/h7-15,17,19-26H,1-6H3;/q-2;+2. The topological polar surface area (TPSA) is 25.8 Å². The molecule has 0 saturated carbocycles. The molecule has 2 aliphatic rings. The Labute approximate surface area is 287 Å². The summed E-state index contributed by atoms with van der Waals surface area (Å²) < 4.78 is 0. The first-order valence-electron chi connectivity index (χ1n) is 15.8. The Hall–Kier alpha value is -4.13. The van der Waals surface area contributed by atoms with E-state index in [-0.39, 0.29) is 31.9 Å². The maximum atomic E-state index is 5.40. The van der Waals surface area contributed by atoms with Gasteiger partial charge in [-0.05, 0) is 55.6 Å². The number of rotatable bonds is 2. The maximum absolute atomic E-state index is 5.40. The molecule has 1 spiro atoms. The van der Waals surface area contributed by atoms with Crippen LogP contribution in [0.1, 0.15) is 74.9 Å². The number of nitrogens with zero attached hydrogens (tertiary/aromatic N) is 2. The molecule has 0 atom stereocenters. The molecule has 0 radical (unpaired) electrons. The van der Waals surface area contributed by atoms with Crippen molar-refractivity contribution < 1.29 is 21.1 Å². The summed E-state index contributed by atoms with van der Waals surface area (Å²) >= 11 is 0. The van der Waals surface area contributed by atoms with Gasteiger partial charge in [-0.3, -0.25) is 9.97 Å². The zero-order chi connectivity index (χ0) is 31.1. The zero-order valence-corrected chi connectivity index (χ0v) is 29.4. The third-order valence-corrected chi connectivity index (χ3v) is 9.68. The molecule has 2 aromatic heterocycles. The van der Waals surface area contributed by atoms with Crippen LogP contribution in [0.5, 0.6) is 0 Å². The van der Waals surface area contributed by atoms with E-state index in [1.807, 2.05) is 0 Å². The first-order valence-corrected chi connectivity index (χ1v) is 15.8. The second-order valence-corrected chi connectivity index (χ2v) is 14.5. The minimum absolute atomic E-state index is 0. The Kier molecular flexibility index (Phi) is 7.11. The summed E-state index contributed by atoms with van der Waals surface area (Å²) in [7, 11) is 0. The van der Waals surface area contributed by atoms with Crippen molar-refractivity contribution in [1.29, 1.82) is 0 Å². The molecule has 2 nitrogen and oxygen atoms in total. The third-order valence-electron chi connectivity index (χ3n) is 9.68. The van der Waals surface area contributed by atoms with Crippen LogP contribution in [0.4, 0.5) is 0 Å². The van der Waals surface area contributed by atoms with E-state index in [9.17, 15) is 0 Å². The molecule has 0 unspecified atom stereocenters. The molecule has 228 valence electrons. The first-order chi connectivity index (χ1) is 21.6. The Morgan fingerprint density at radius 2 is 0.891 bits per heavy atom. The fourth-order valence-electron chi connectivity index (χ4n) is 7.25. The van der Waals surface area contributed by atoms with Crippen molar-refractivity contribution in [1.82, 2.24) is 9.97 Å². The van der Waals surface area contributed by atoms with Crippen LogP contribution in [-0.4, -0.2) is 9.97 Å². The number of aromatic nitrogens is 2. The van der Waals surface area contributed by atoms with E-state index >= 15 is 0 Å². The van der Waals surface area contributed by atoms with Gasteiger partial charge in [-0.2, -0.15) is 0 Å². The van der Waals surface area contributed by atoms with Gasteiger partial charge in [0.2, 0.25) is 0 Å². The van der Waals surface area contributed by atoms with Crippen molar-refractivity contribution in [2.75, 3.05) is 0 Å². The molecule has 6 aromatic rings. The molecule has 0 fully saturated rings.